The molecular formula is C14H15FN2O. The van der Waals surface area contributed by atoms with Crippen molar-refractivity contribution in [3.05, 3.63) is 65.7 Å². The van der Waals surface area contributed by atoms with Crippen LogP contribution in [0.2, 0.25) is 0 Å². The van der Waals surface area contributed by atoms with Gasteiger partial charge in [0, 0.05) is 13.1 Å². The molecule has 1 aromatic heterocycles. The average molecular weight is 246 g/mol. The van der Waals surface area contributed by atoms with Gasteiger partial charge in [-0.1, -0.05) is 30.3 Å². The quantitative estimate of drug-likeness (QED) is 0.848. The fourth-order valence-corrected chi connectivity index (χ4v) is 1.64. The first-order valence-electron chi connectivity index (χ1n) is 5.80. The molecule has 0 saturated carbocycles. The first-order chi connectivity index (χ1) is 8.75. The fourth-order valence-electron chi connectivity index (χ4n) is 1.64. The number of nitrogens with zero attached hydrogens (tertiary/aromatic N) is 1. The predicted octanol–water partition coefficient (Wildman–Crippen LogP) is 2.04. The summed E-state index contributed by atoms with van der Waals surface area (Å²) in [7, 11) is 0. The van der Waals surface area contributed by atoms with Gasteiger partial charge in [0.2, 0.25) is 0 Å². The Balaban J connectivity index is 1.81. The zero-order valence-electron chi connectivity index (χ0n) is 9.88. The summed E-state index contributed by atoms with van der Waals surface area (Å²) in [5.41, 5.74) is 1.62. The summed E-state index contributed by atoms with van der Waals surface area (Å²) in [5.74, 6) is -0.400. The molecule has 0 aliphatic heterocycles. The second kappa shape index (κ2) is 6.23. The summed E-state index contributed by atoms with van der Waals surface area (Å²) >= 11 is 0. The van der Waals surface area contributed by atoms with E-state index in [1.54, 1.807) is 0 Å². The van der Waals surface area contributed by atoms with Gasteiger partial charge in [-0.05, 0) is 17.7 Å². The second-order valence-electron chi connectivity index (χ2n) is 4.03. The van der Waals surface area contributed by atoms with Crippen molar-refractivity contribution < 1.29 is 9.50 Å². The van der Waals surface area contributed by atoms with Crippen molar-refractivity contribution in [3.63, 3.8) is 0 Å². The van der Waals surface area contributed by atoms with Crippen LogP contribution < -0.4 is 5.32 Å². The Bertz CT molecular complexity index is 473. The molecule has 1 aromatic carbocycles. The Morgan fingerprint density at radius 1 is 1.17 bits per heavy atom. The van der Waals surface area contributed by atoms with Gasteiger partial charge in [-0.2, -0.15) is 0 Å². The maximum absolute atomic E-state index is 12.7. The highest BCUT2D eigenvalue weighted by atomic mass is 19.1. The molecule has 3 nitrogen and oxygen atoms in total. The van der Waals surface area contributed by atoms with Crippen molar-refractivity contribution in [3.8, 4) is 0 Å². The van der Waals surface area contributed by atoms with Crippen molar-refractivity contribution in [1.82, 2.24) is 10.3 Å². The molecular weight excluding hydrogens is 231 g/mol. The molecule has 1 heterocycles. The Labute approximate surface area is 105 Å². The maximum atomic E-state index is 12.7. The lowest BCUT2D eigenvalue weighted by Crippen LogP contribution is -2.21. The van der Waals surface area contributed by atoms with Crippen LogP contribution in [0.5, 0.6) is 0 Å². The van der Waals surface area contributed by atoms with Gasteiger partial charge in [0.15, 0.2) is 0 Å². The minimum Gasteiger partial charge on any atom is -0.385 e. The first kappa shape index (κ1) is 12.7. The maximum Gasteiger partial charge on any atom is 0.141 e. The van der Waals surface area contributed by atoms with E-state index in [0.717, 1.165) is 11.8 Å². The number of benzene rings is 1. The van der Waals surface area contributed by atoms with Crippen LogP contribution in [-0.2, 0) is 6.54 Å². The van der Waals surface area contributed by atoms with Crippen LogP contribution in [0.25, 0.3) is 0 Å². The van der Waals surface area contributed by atoms with Gasteiger partial charge in [0.05, 0.1) is 11.9 Å². The molecule has 1 unspecified atom stereocenters. The Morgan fingerprint density at radius 2 is 1.94 bits per heavy atom. The van der Waals surface area contributed by atoms with E-state index in [1.165, 1.54) is 12.1 Å². The van der Waals surface area contributed by atoms with Gasteiger partial charge in [-0.15, -0.1) is 0 Å². The van der Waals surface area contributed by atoms with E-state index < -0.39 is 11.9 Å². The molecule has 2 rings (SSSR count). The first-order valence-corrected chi connectivity index (χ1v) is 5.80. The van der Waals surface area contributed by atoms with Crippen LogP contribution in [0, 0.1) is 5.82 Å². The van der Waals surface area contributed by atoms with Crippen LogP contribution in [0.15, 0.2) is 48.7 Å². The lowest BCUT2D eigenvalue weighted by molar-refractivity contribution is 0.169. The lowest BCUT2D eigenvalue weighted by atomic mass is 10.2. The number of aromatic nitrogens is 1. The summed E-state index contributed by atoms with van der Waals surface area (Å²) in [6.45, 7) is 1.06. The third-order valence-electron chi connectivity index (χ3n) is 2.60. The predicted molar refractivity (Wildman–Crippen MR) is 67.3 cm³/mol. The molecule has 4 heteroatoms. The summed E-state index contributed by atoms with van der Waals surface area (Å²) in [4.78, 5) is 3.84. The Kier molecular flexibility index (Phi) is 4.39. The minimum atomic E-state index is -0.727. The minimum absolute atomic E-state index is 0.382. The number of hydrogen-bond donors (Lipinski definition) is 2. The molecule has 1 atom stereocenters. The number of aliphatic hydroxyl groups excluding tert-OH is 1. The number of hydrogen-bond acceptors (Lipinski definition) is 3. The van der Waals surface area contributed by atoms with E-state index in [0.29, 0.717) is 18.8 Å². The number of pyridine rings is 1. The van der Waals surface area contributed by atoms with Crippen molar-refractivity contribution in [1.29, 1.82) is 0 Å². The van der Waals surface area contributed by atoms with Crippen LogP contribution in [0.1, 0.15) is 17.4 Å². The third kappa shape index (κ3) is 3.61. The molecule has 94 valence electrons. The summed E-state index contributed by atoms with van der Waals surface area (Å²) in [5, 5.41) is 13.0. The van der Waals surface area contributed by atoms with Crippen molar-refractivity contribution in [2.45, 2.75) is 12.6 Å². The molecule has 0 saturated heterocycles. The van der Waals surface area contributed by atoms with Crippen molar-refractivity contribution in [2.24, 2.45) is 0 Å². The van der Waals surface area contributed by atoms with Gasteiger partial charge in [0.1, 0.15) is 11.9 Å². The van der Waals surface area contributed by atoms with E-state index in [9.17, 15) is 9.50 Å². The molecule has 0 spiro atoms. The molecule has 0 bridgehead atoms. The van der Waals surface area contributed by atoms with E-state index in [4.69, 9.17) is 0 Å². The van der Waals surface area contributed by atoms with E-state index in [1.807, 2.05) is 30.3 Å². The lowest BCUT2D eigenvalue weighted by Gasteiger charge is -2.11. The topological polar surface area (TPSA) is 45.1 Å². The molecule has 0 aliphatic rings. The Morgan fingerprint density at radius 3 is 2.61 bits per heavy atom. The number of aliphatic hydroxyl groups is 1. The molecule has 0 aliphatic carbocycles. The Hall–Kier alpha value is -1.78. The highest BCUT2D eigenvalue weighted by Crippen LogP contribution is 2.09. The molecule has 0 radical (unpaired) electrons. The molecule has 0 amide bonds. The van der Waals surface area contributed by atoms with Gasteiger partial charge in [-0.3, -0.25) is 4.98 Å². The molecule has 2 aromatic rings. The second-order valence-corrected chi connectivity index (χ2v) is 4.03. The smallest absolute Gasteiger partial charge is 0.141 e. The highest BCUT2D eigenvalue weighted by molar-refractivity contribution is 5.14. The molecule has 0 fully saturated rings. The third-order valence-corrected chi connectivity index (χ3v) is 2.60. The van der Waals surface area contributed by atoms with Crippen LogP contribution in [0.3, 0.4) is 0 Å². The standard InChI is InChI=1S/C14H15FN2O/c15-12-6-7-13(17-9-12)14(18)10-16-8-11-4-2-1-3-5-11/h1-7,9,14,16,18H,8,10H2. The van der Waals surface area contributed by atoms with Crippen molar-refractivity contribution in [2.75, 3.05) is 6.54 Å². The van der Waals surface area contributed by atoms with Gasteiger partial charge >= 0.3 is 0 Å². The van der Waals surface area contributed by atoms with E-state index in [2.05, 4.69) is 10.3 Å². The SMILES string of the molecule is OC(CNCc1ccccc1)c1ccc(F)cn1. The number of nitrogens with one attached hydrogen (secondary N) is 1. The summed E-state index contributed by atoms with van der Waals surface area (Å²) in [6.07, 6.45) is 0.379. The van der Waals surface area contributed by atoms with Gasteiger partial charge in [-0.25, -0.2) is 4.39 Å². The largest absolute Gasteiger partial charge is 0.385 e. The zero-order valence-corrected chi connectivity index (χ0v) is 9.88. The fraction of sp³-hybridized carbons (Fsp3) is 0.214. The van der Waals surface area contributed by atoms with E-state index >= 15 is 0 Å². The highest BCUT2D eigenvalue weighted by Gasteiger charge is 2.08. The normalized spacial score (nSPS) is 12.3. The van der Waals surface area contributed by atoms with Gasteiger partial charge < -0.3 is 10.4 Å². The summed E-state index contributed by atoms with van der Waals surface area (Å²) < 4.78 is 12.7. The monoisotopic (exact) mass is 246 g/mol. The van der Waals surface area contributed by atoms with Crippen LogP contribution >= 0.6 is 0 Å². The van der Waals surface area contributed by atoms with Crippen LogP contribution in [0.4, 0.5) is 4.39 Å². The molecule has 2 N–H and O–H groups in total. The zero-order chi connectivity index (χ0) is 12.8. The number of halogens is 1. The van der Waals surface area contributed by atoms with Crippen molar-refractivity contribution >= 4 is 0 Å². The number of rotatable bonds is 5. The molecule has 18 heavy (non-hydrogen) atoms. The average Bonchev–Trinajstić information content (AvgIpc) is 2.40. The van der Waals surface area contributed by atoms with Gasteiger partial charge in [0.25, 0.3) is 0 Å². The summed E-state index contributed by atoms with van der Waals surface area (Å²) in [6, 6.07) is 12.7. The van der Waals surface area contributed by atoms with Crippen LogP contribution in [-0.4, -0.2) is 16.6 Å². The van der Waals surface area contributed by atoms with E-state index in [-0.39, 0.29) is 0 Å².